The van der Waals surface area contributed by atoms with Crippen LogP contribution in [0.2, 0.25) is 0 Å². The molecule has 1 aliphatic heterocycles. The third kappa shape index (κ3) is 3.93. The standard InChI is InChI=1S/C24H24FN3O3/c25-18-12-17-15-27(14-16-6-8-19(9-7-16)28-11-3-10-26-28)24(30)23(17)22(13-18)31-21-5-2-1-4-20(21)29/h3,6-13,20-21,29H,1-2,4-5,14-15H2/t20-,21-/m1/s1. The van der Waals surface area contributed by atoms with Crippen molar-refractivity contribution in [3.05, 3.63) is 77.4 Å². The van der Waals surface area contributed by atoms with Crippen molar-refractivity contribution >= 4 is 5.91 Å². The largest absolute Gasteiger partial charge is 0.487 e. The summed E-state index contributed by atoms with van der Waals surface area (Å²) >= 11 is 0. The molecule has 3 aromatic rings. The molecule has 2 aliphatic rings. The maximum atomic E-state index is 14.3. The van der Waals surface area contributed by atoms with E-state index in [0.717, 1.165) is 24.1 Å². The molecule has 1 aromatic heterocycles. The van der Waals surface area contributed by atoms with Gasteiger partial charge in [0.2, 0.25) is 0 Å². The molecule has 2 atom stereocenters. The van der Waals surface area contributed by atoms with Crippen molar-refractivity contribution in [1.82, 2.24) is 14.7 Å². The van der Waals surface area contributed by atoms with Gasteiger partial charge in [-0.3, -0.25) is 4.79 Å². The van der Waals surface area contributed by atoms with Gasteiger partial charge in [0.1, 0.15) is 17.7 Å². The first-order valence-corrected chi connectivity index (χ1v) is 10.6. The van der Waals surface area contributed by atoms with E-state index in [2.05, 4.69) is 5.10 Å². The fraction of sp³-hybridized carbons (Fsp3) is 0.333. The number of carbonyl (C=O) groups excluding carboxylic acids is 1. The lowest BCUT2D eigenvalue weighted by molar-refractivity contribution is 0.00622. The number of aliphatic hydroxyl groups excluding tert-OH is 1. The van der Waals surface area contributed by atoms with Crippen molar-refractivity contribution in [2.45, 2.75) is 51.0 Å². The minimum atomic E-state index is -0.589. The smallest absolute Gasteiger partial charge is 0.258 e. The Kier molecular flexibility index (Phi) is 5.19. The van der Waals surface area contributed by atoms with Crippen LogP contribution in [0, 0.1) is 5.82 Å². The van der Waals surface area contributed by atoms with Crippen molar-refractivity contribution in [3.63, 3.8) is 0 Å². The Morgan fingerprint density at radius 2 is 1.97 bits per heavy atom. The Morgan fingerprint density at radius 1 is 1.16 bits per heavy atom. The molecule has 31 heavy (non-hydrogen) atoms. The lowest BCUT2D eigenvalue weighted by Crippen LogP contribution is -2.35. The Morgan fingerprint density at radius 3 is 2.71 bits per heavy atom. The van der Waals surface area contributed by atoms with E-state index < -0.39 is 18.0 Å². The van der Waals surface area contributed by atoms with Crippen LogP contribution in [-0.4, -0.2) is 37.9 Å². The minimum Gasteiger partial charge on any atom is -0.487 e. The molecule has 1 N–H and O–H groups in total. The molecule has 160 valence electrons. The number of aliphatic hydroxyl groups is 1. The van der Waals surface area contributed by atoms with Crippen LogP contribution in [0.25, 0.3) is 5.69 Å². The summed E-state index contributed by atoms with van der Waals surface area (Å²) in [5.74, 6) is -0.369. The molecule has 1 amide bonds. The van der Waals surface area contributed by atoms with Crippen LogP contribution in [0.1, 0.15) is 47.2 Å². The molecule has 7 heteroatoms. The number of halogens is 1. The van der Waals surface area contributed by atoms with Gasteiger partial charge in [-0.25, -0.2) is 9.07 Å². The number of nitrogens with zero attached hydrogens (tertiary/aromatic N) is 3. The van der Waals surface area contributed by atoms with E-state index in [4.69, 9.17) is 4.74 Å². The summed E-state index contributed by atoms with van der Waals surface area (Å²) in [7, 11) is 0. The van der Waals surface area contributed by atoms with E-state index in [1.165, 1.54) is 12.1 Å². The van der Waals surface area contributed by atoms with Gasteiger partial charge in [-0.1, -0.05) is 18.6 Å². The molecule has 0 spiro atoms. The summed E-state index contributed by atoms with van der Waals surface area (Å²) in [5.41, 5.74) is 2.95. The summed E-state index contributed by atoms with van der Waals surface area (Å²) < 4.78 is 22.0. The van der Waals surface area contributed by atoms with Gasteiger partial charge in [0.25, 0.3) is 5.91 Å². The first-order chi connectivity index (χ1) is 15.1. The fourth-order valence-electron chi connectivity index (χ4n) is 4.43. The molecule has 1 fully saturated rings. The molecule has 0 unspecified atom stereocenters. The average molecular weight is 421 g/mol. The highest BCUT2D eigenvalue weighted by molar-refractivity contribution is 6.01. The number of hydrogen-bond acceptors (Lipinski definition) is 4. The number of ether oxygens (including phenoxy) is 1. The van der Waals surface area contributed by atoms with Crippen LogP contribution < -0.4 is 4.74 Å². The van der Waals surface area contributed by atoms with Crippen molar-refractivity contribution in [3.8, 4) is 11.4 Å². The van der Waals surface area contributed by atoms with Crippen molar-refractivity contribution in [2.24, 2.45) is 0 Å². The number of amides is 1. The quantitative estimate of drug-likeness (QED) is 0.680. The van der Waals surface area contributed by atoms with Gasteiger partial charge in [-0.15, -0.1) is 0 Å². The second kappa shape index (κ2) is 8.15. The molecule has 1 aliphatic carbocycles. The number of hydrogen-bond donors (Lipinski definition) is 1. The molecule has 0 bridgehead atoms. The second-order valence-corrected chi connectivity index (χ2v) is 8.22. The SMILES string of the molecule is O=C1c2c(cc(F)cc2O[C@@H]2CCCC[C@H]2O)CN1Cc1ccc(-n2cccn2)cc1. The van der Waals surface area contributed by atoms with E-state index in [1.54, 1.807) is 15.8 Å². The highest BCUT2D eigenvalue weighted by Crippen LogP contribution is 2.35. The normalized spacial score (nSPS) is 20.7. The van der Waals surface area contributed by atoms with Crippen LogP contribution in [-0.2, 0) is 13.1 Å². The number of fused-ring (bicyclic) bond motifs is 1. The lowest BCUT2D eigenvalue weighted by Gasteiger charge is -2.28. The molecule has 2 heterocycles. The summed E-state index contributed by atoms with van der Waals surface area (Å²) in [6.45, 7) is 0.746. The number of rotatable bonds is 5. The predicted molar refractivity (Wildman–Crippen MR) is 112 cm³/mol. The van der Waals surface area contributed by atoms with Crippen molar-refractivity contribution in [1.29, 1.82) is 0 Å². The molecule has 5 rings (SSSR count). The van der Waals surface area contributed by atoms with Crippen LogP contribution >= 0.6 is 0 Å². The highest BCUT2D eigenvalue weighted by atomic mass is 19.1. The topological polar surface area (TPSA) is 67.6 Å². The maximum Gasteiger partial charge on any atom is 0.258 e. The zero-order valence-corrected chi connectivity index (χ0v) is 17.1. The third-order valence-corrected chi connectivity index (χ3v) is 6.04. The Hall–Kier alpha value is -3.19. The predicted octanol–water partition coefficient (Wildman–Crippen LogP) is 3.85. The number of aromatic nitrogens is 2. The molecule has 6 nitrogen and oxygen atoms in total. The van der Waals surface area contributed by atoms with E-state index in [0.29, 0.717) is 37.1 Å². The summed E-state index contributed by atoms with van der Waals surface area (Å²) in [4.78, 5) is 14.8. The number of carbonyl (C=O) groups is 1. The van der Waals surface area contributed by atoms with Crippen LogP contribution in [0.5, 0.6) is 5.75 Å². The van der Waals surface area contributed by atoms with E-state index in [1.807, 2.05) is 36.5 Å². The summed E-state index contributed by atoms with van der Waals surface area (Å²) in [5, 5.41) is 14.4. The maximum absolute atomic E-state index is 14.3. The Bertz CT molecular complexity index is 1080. The summed E-state index contributed by atoms with van der Waals surface area (Å²) in [6, 6.07) is 12.4. The Balaban J connectivity index is 1.34. The highest BCUT2D eigenvalue weighted by Gasteiger charge is 2.34. The van der Waals surface area contributed by atoms with Gasteiger partial charge in [0.05, 0.1) is 17.4 Å². The molecule has 0 radical (unpaired) electrons. The van der Waals surface area contributed by atoms with Gasteiger partial charge < -0.3 is 14.7 Å². The lowest BCUT2D eigenvalue weighted by atomic mass is 9.94. The molecule has 1 saturated carbocycles. The molecular weight excluding hydrogens is 397 g/mol. The zero-order chi connectivity index (χ0) is 21.4. The van der Waals surface area contributed by atoms with Gasteiger partial charge in [-0.05, 0) is 54.7 Å². The van der Waals surface area contributed by atoms with Crippen molar-refractivity contribution in [2.75, 3.05) is 0 Å². The molecule has 2 aromatic carbocycles. The fourth-order valence-corrected chi connectivity index (χ4v) is 4.43. The van der Waals surface area contributed by atoms with Gasteiger partial charge in [-0.2, -0.15) is 5.10 Å². The first kappa shape index (κ1) is 19.8. The van der Waals surface area contributed by atoms with Gasteiger partial charge in [0.15, 0.2) is 0 Å². The van der Waals surface area contributed by atoms with Gasteiger partial charge >= 0.3 is 0 Å². The van der Waals surface area contributed by atoms with Gasteiger partial charge in [0, 0.05) is 31.5 Å². The summed E-state index contributed by atoms with van der Waals surface area (Å²) in [6.07, 6.45) is 5.87. The van der Waals surface area contributed by atoms with Crippen LogP contribution in [0.3, 0.4) is 0 Å². The van der Waals surface area contributed by atoms with Crippen molar-refractivity contribution < 1.29 is 19.0 Å². The number of benzene rings is 2. The van der Waals surface area contributed by atoms with E-state index in [9.17, 15) is 14.3 Å². The minimum absolute atomic E-state index is 0.175. The monoisotopic (exact) mass is 421 g/mol. The van der Waals surface area contributed by atoms with E-state index >= 15 is 0 Å². The zero-order valence-electron chi connectivity index (χ0n) is 17.1. The first-order valence-electron chi connectivity index (χ1n) is 10.6. The van der Waals surface area contributed by atoms with E-state index in [-0.39, 0.29) is 11.7 Å². The molecule has 0 saturated heterocycles. The van der Waals surface area contributed by atoms with Crippen LogP contribution in [0.4, 0.5) is 4.39 Å². The average Bonchev–Trinajstić information content (AvgIpc) is 3.39. The third-order valence-electron chi connectivity index (χ3n) is 6.04. The molecular formula is C24H24FN3O3. The van der Waals surface area contributed by atoms with Crippen LogP contribution in [0.15, 0.2) is 54.9 Å². The Labute approximate surface area is 179 Å². The second-order valence-electron chi connectivity index (χ2n) is 8.22.